The molecule has 1 unspecified atom stereocenters. The molecule has 0 saturated carbocycles. The van der Waals surface area contributed by atoms with E-state index < -0.39 is 0 Å². The minimum Gasteiger partial charge on any atom is -0.0851 e. The van der Waals surface area contributed by atoms with Gasteiger partial charge < -0.3 is 0 Å². The third-order valence-corrected chi connectivity index (χ3v) is 2.05. The fourth-order valence-electron chi connectivity index (χ4n) is 1.40. The van der Waals surface area contributed by atoms with Gasteiger partial charge in [-0.05, 0) is 25.2 Å². The number of rotatable bonds is 1. The van der Waals surface area contributed by atoms with E-state index in [0.29, 0.717) is 0 Å². The predicted molar refractivity (Wildman–Crippen MR) is 48.1 cm³/mol. The largest absolute Gasteiger partial charge is 0.0851 e. The Morgan fingerprint density at radius 3 is 2.30 bits per heavy atom. The average Bonchev–Trinajstić information content (AvgIpc) is 2.39. The van der Waals surface area contributed by atoms with Crippen molar-refractivity contribution in [1.29, 1.82) is 0 Å². The van der Waals surface area contributed by atoms with E-state index in [0.717, 1.165) is 5.92 Å². The van der Waals surface area contributed by atoms with Crippen molar-refractivity contribution in [2.75, 3.05) is 0 Å². The summed E-state index contributed by atoms with van der Waals surface area (Å²) in [5.41, 5.74) is 1.67. The third kappa shape index (κ3) is 2.55. The zero-order valence-electron chi connectivity index (χ0n) is 7.78. The molecule has 0 fully saturated rings. The van der Waals surface area contributed by atoms with Gasteiger partial charge >= 0.3 is 0 Å². The molecular weight excluding hydrogens is 120 g/mol. The maximum absolute atomic E-state index is 2.39. The zero-order valence-corrected chi connectivity index (χ0v) is 7.78. The van der Waals surface area contributed by atoms with Gasteiger partial charge in [0.2, 0.25) is 0 Å². The van der Waals surface area contributed by atoms with Crippen molar-refractivity contribution in [3.63, 3.8) is 0 Å². The molecule has 0 heterocycles. The molecule has 0 saturated heterocycles. The first-order valence-corrected chi connectivity index (χ1v) is 4.53. The van der Waals surface area contributed by atoms with Crippen LogP contribution in [0.15, 0.2) is 11.6 Å². The average molecular weight is 140 g/mol. The predicted octanol–water partition coefficient (Wildman–Crippen LogP) is 3.78. The minimum absolute atomic E-state index is 0.889. The minimum atomic E-state index is 0.889. The molecule has 1 rings (SSSR count). The summed E-state index contributed by atoms with van der Waals surface area (Å²) in [6.07, 6.45) is 6.37. The molecule has 10 heavy (non-hydrogen) atoms. The van der Waals surface area contributed by atoms with Crippen molar-refractivity contribution in [3.8, 4) is 0 Å². The van der Waals surface area contributed by atoms with Gasteiger partial charge in [0, 0.05) is 0 Å². The molecule has 0 aromatic carbocycles. The van der Waals surface area contributed by atoms with Gasteiger partial charge in [0.05, 0.1) is 0 Å². The Labute approximate surface area is 65.3 Å². The fraction of sp³-hybridized carbons (Fsp3) is 0.800. The highest BCUT2D eigenvalue weighted by molar-refractivity contribution is 5.10. The first-order valence-electron chi connectivity index (χ1n) is 4.53. The van der Waals surface area contributed by atoms with Crippen LogP contribution in [0.2, 0.25) is 0 Å². The molecule has 1 aliphatic carbocycles. The van der Waals surface area contributed by atoms with Crippen molar-refractivity contribution in [2.45, 2.75) is 47.0 Å². The van der Waals surface area contributed by atoms with E-state index >= 15 is 0 Å². The molecular formula is C10H20. The van der Waals surface area contributed by atoms with E-state index in [1.54, 1.807) is 5.57 Å². The summed E-state index contributed by atoms with van der Waals surface area (Å²) in [4.78, 5) is 0. The number of hydrogen-bond donors (Lipinski definition) is 0. The Kier molecular flexibility index (Phi) is 5.38. The van der Waals surface area contributed by atoms with Gasteiger partial charge in [-0.3, -0.25) is 0 Å². The van der Waals surface area contributed by atoms with Crippen LogP contribution in [0, 0.1) is 5.92 Å². The maximum atomic E-state index is 2.39. The smallest absolute Gasteiger partial charge is 0.0229 e. The van der Waals surface area contributed by atoms with E-state index in [-0.39, 0.29) is 0 Å². The quantitative estimate of drug-likeness (QED) is 0.486. The van der Waals surface area contributed by atoms with Crippen LogP contribution >= 0.6 is 0 Å². The molecule has 0 spiro atoms. The summed E-state index contributed by atoms with van der Waals surface area (Å²) in [6, 6.07) is 0. The molecule has 0 heteroatoms. The van der Waals surface area contributed by atoms with Crippen LogP contribution in [0.25, 0.3) is 0 Å². The molecule has 0 aromatic heterocycles. The van der Waals surface area contributed by atoms with Crippen molar-refractivity contribution in [2.24, 2.45) is 5.92 Å². The molecule has 0 aliphatic heterocycles. The van der Waals surface area contributed by atoms with Crippen molar-refractivity contribution >= 4 is 0 Å². The summed E-state index contributed by atoms with van der Waals surface area (Å²) >= 11 is 0. The number of allylic oxidation sites excluding steroid dienone is 2. The summed E-state index contributed by atoms with van der Waals surface area (Å²) in [6.45, 7) is 8.57. The first kappa shape index (κ1) is 9.74. The molecule has 0 N–H and O–H groups in total. The van der Waals surface area contributed by atoms with Crippen LogP contribution in [-0.2, 0) is 0 Å². The van der Waals surface area contributed by atoms with E-state index in [2.05, 4.69) is 19.9 Å². The van der Waals surface area contributed by atoms with Crippen molar-refractivity contribution in [1.82, 2.24) is 0 Å². The van der Waals surface area contributed by atoms with Crippen LogP contribution < -0.4 is 0 Å². The summed E-state index contributed by atoms with van der Waals surface area (Å²) in [5.74, 6) is 0.889. The normalized spacial score (nSPS) is 23.2. The van der Waals surface area contributed by atoms with Crippen LogP contribution in [0.4, 0.5) is 0 Å². The second-order valence-corrected chi connectivity index (χ2v) is 2.61. The highest BCUT2D eigenvalue weighted by Crippen LogP contribution is 2.26. The molecule has 0 bridgehead atoms. The molecule has 0 radical (unpaired) electrons. The zero-order chi connectivity index (χ0) is 7.98. The SMILES string of the molecule is CC.CCC1=CCCC1C. The lowest BCUT2D eigenvalue weighted by atomic mass is 10.0. The lowest BCUT2D eigenvalue weighted by Crippen LogP contribution is -1.89. The topological polar surface area (TPSA) is 0 Å². The highest BCUT2D eigenvalue weighted by Gasteiger charge is 2.10. The van der Waals surface area contributed by atoms with Gasteiger partial charge in [-0.15, -0.1) is 0 Å². The number of hydrogen-bond acceptors (Lipinski definition) is 0. The van der Waals surface area contributed by atoms with Crippen LogP contribution in [0.3, 0.4) is 0 Å². The lowest BCUT2D eigenvalue weighted by molar-refractivity contribution is 0.652. The first-order chi connectivity index (χ1) is 4.84. The Hall–Kier alpha value is -0.260. The van der Waals surface area contributed by atoms with Gasteiger partial charge in [-0.1, -0.05) is 39.3 Å². The molecule has 1 atom stereocenters. The molecule has 60 valence electrons. The fourth-order valence-corrected chi connectivity index (χ4v) is 1.40. The summed E-state index contributed by atoms with van der Waals surface area (Å²) in [5, 5.41) is 0. The van der Waals surface area contributed by atoms with E-state index in [1.165, 1.54) is 19.3 Å². The summed E-state index contributed by atoms with van der Waals surface area (Å²) in [7, 11) is 0. The summed E-state index contributed by atoms with van der Waals surface area (Å²) < 4.78 is 0. The highest BCUT2D eigenvalue weighted by atomic mass is 14.2. The van der Waals surface area contributed by atoms with Crippen molar-refractivity contribution in [3.05, 3.63) is 11.6 Å². The van der Waals surface area contributed by atoms with Gasteiger partial charge in [0.15, 0.2) is 0 Å². The van der Waals surface area contributed by atoms with Crippen LogP contribution in [0.5, 0.6) is 0 Å². The lowest BCUT2D eigenvalue weighted by Gasteiger charge is -2.03. The molecule has 0 amide bonds. The second-order valence-electron chi connectivity index (χ2n) is 2.61. The Morgan fingerprint density at radius 1 is 1.50 bits per heavy atom. The Morgan fingerprint density at radius 2 is 2.10 bits per heavy atom. The third-order valence-electron chi connectivity index (χ3n) is 2.05. The van der Waals surface area contributed by atoms with Gasteiger partial charge in [0.25, 0.3) is 0 Å². The molecule has 1 aliphatic rings. The van der Waals surface area contributed by atoms with E-state index in [4.69, 9.17) is 0 Å². The Bertz CT molecular complexity index is 101. The van der Waals surface area contributed by atoms with Gasteiger partial charge in [0.1, 0.15) is 0 Å². The monoisotopic (exact) mass is 140 g/mol. The van der Waals surface area contributed by atoms with Crippen LogP contribution in [-0.4, -0.2) is 0 Å². The van der Waals surface area contributed by atoms with Gasteiger partial charge in [-0.25, -0.2) is 0 Å². The second kappa shape index (κ2) is 5.52. The molecule has 0 nitrogen and oxygen atoms in total. The van der Waals surface area contributed by atoms with Crippen molar-refractivity contribution < 1.29 is 0 Å². The van der Waals surface area contributed by atoms with Gasteiger partial charge in [-0.2, -0.15) is 0 Å². The molecule has 0 aromatic rings. The van der Waals surface area contributed by atoms with E-state index in [1.807, 2.05) is 13.8 Å². The van der Waals surface area contributed by atoms with Crippen LogP contribution in [0.1, 0.15) is 47.0 Å². The Balaban J connectivity index is 0.000000371. The maximum Gasteiger partial charge on any atom is -0.0229 e. The van der Waals surface area contributed by atoms with E-state index in [9.17, 15) is 0 Å². The standard InChI is InChI=1S/C8H14.C2H6/c1-3-8-6-4-5-7(8)2;1-2/h6-7H,3-5H2,1-2H3;1-2H3.